The number of allylic oxidation sites excluding steroid dienone is 1. The molecular weight excluding hydrogens is 296 g/mol. The predicted octanol–water partition coefficient (Wildman–Crippen LogP) is 3.16. The summed E-state index contributed by atoms with van der Waals surface area (Å²) < 4.78 is 15.2. The Bertz CT molecular complexity index is 572. The molecule has 0 spiro atoms. The molecule has 0 amide bonds. The number of esters is 2. The van der Waals surface area contributed by atoms with E-state index in [2.05, 4.69) is 0 Å². The third kappa shape index (κ3) is 6.82. The van der Waals surface area contributed by atoms with E-state index in [1.807, 2.05) is 30.3 Å². The molecule has 0 N–H and O–H groups in total. The second-order valence-electron chi connectivity index (χ2n) is 4.59. The third-order valence-corrected chi connectivity index (χ3v) is 2.91. The largest absolute Gasteiger partial charge is 0.469 e. The number of carbonyl (C=O) groups excluding carboxylic acids is 2. The second kappa shape index (κ2) is 10.2. The van der Waals surface area contributed by atoms with Crippen molar-refractivity contribution in [1.82, 2.24) is 0 Å². The molecule has 0 saturated heterocycles. The van der Waals surface area contributed by atoms with Gasteiger partial charge in [0.25, 0.3) is 0 Å². The fraction of sp³-hybridized carbons (Fsp3) is 0.333. The van der Waals surface area contributed by atoms with Crippen molar-refractivity contribution in [2.75, 3.05) is 13.2 Å². The molecule has 5 nitrogen and oxygen atoms in total. The fourth-order valence-electron chi connectivity index (χ4n) is 1.81. The van der Waals surface area contributed by atoms with Crippen molar-refractivity contribution >= 4 is 11.9 Å². The summed E-state index contributed by atoms with van der Waals surface area (Å²) in [5.41, 5.74) is 1.37. The van der Waals surface area contributed by atoms with E-state index in [0.29, 0.717) is 24.4 Å². The van der Waals surface area contributed by atoms with E-state index in [1.165, 1.54) is 6.26 Å². The first kappa shape index (κ1) is 18.5. The molecule has 0 bridgehead atoms. The highest BCUT2D eigenvalue weighted by atomic mass is 16.5. The molecule has 0 atom stereocenters. The highest BCUT2D eigenvalue weighted by molar-refractivity contribution is 5.89. The average molecular weight is 318 g/mol. The van der Waals surface area contributed by atoms with E-state index < -0.39 is 11.9 Å². The van der Waals surface area contributed by atoms with Crippen molar-refractivity contribution in [3.05, 3.63) is 59.6 Å². The van der Waals surface area contributed by atoms with Crippen LogP contribution in [0.3, 0.4) is 0 Å². The highest BCUT2D eigenvalue weighted by Crippen LogP contribution is 2.15. The Morgan fingerprint density at radius 2 is 1.70 bits per heavy atom. The van der Waals surface area contributed by atoms with Gasteiger partial charge in [-0.1, -0.05) is 30.3 Å². The van der Waals surface area contributed by atoms with Gasteiger partial charge in [0, 0.05) is 6.42 Å². The van der Waals surface area contributed by atoms with Crippen LogP contribution in [0.2, 0.25) is 0 Å². The van der Waals surface area contributed by atoms with Crippen LogP contribution in [0.5, 0.6) is 0 Å². The van der Waals surface area contributed by atoms with Gasteiger partial charge in [-0.25, -0.2) is 9.59 Å². The number of rotatable bonds is 8. The molecule has 0 aliphatic carbocycles. The number of benzene rings is 1. The smallest absolute Gasteiger partial charge is 0.337 e. The van der Waals surface area contributed by atoms with Crippen molar-refractivity contribution in [2.24, 2.45) is 0 Å². The molecule has 0 radical (unpaired) electrons. The number of carbonyl (C=O) groups is 2. The van der Waals surface area contributed by atoms with Gasteiger partial charge in [0.05, 0.1) is 31.1 Å². The minimum absolute atomic E-state index is 0.281. The van der Waals surface area contributed by atoms with Crippen LogP contribution in [0.15, 0.2) is 54.0 Å². The predicted molar refractivity (Wildman–Crippen MR) is 86.3 cm³/mol. The van der Waals surface area contributed by atoms with Gasteiger partial charge in [0.1, 0.15) is 5.76 Å². The fourth-order valence-corrected chi connectivity index (χ4v) is 1.81. The number of hydrogen-bond acceptors (Lipinski definition) is 5. The van der Waals surface area contributed by atoms with Crippen molar-refractivity contribution in [3.63, 3.8) is 0 Å². The maximum Gasteiger partial charge on any atom is 0.337 e. The van der Waals surface area contributed by atoms with Crippen LogP contribution in [0.4, 0.5) is 0 Å². The summed E-state index contributed by atoms with van der Waals surface area (Å²) in [6, 6.07) is 9.54. The zero-order valence-corrected chi connectivity index (χ0v) is 13.7. The SMILES string of the molecule is CCOC(=O)/C=C/O/C(C)=C(\Cc1ccccc1)C(=O)OCC. The summed E-state index contributed by atoms with van der Waals surface area (Å²) in [5, 5.41) is 0. The lowest BCUT2D eigenvalue weighted by Crippen LogP contribution is -2.12. The summed E-state index contributed by atoms with van der Waals surface area (Å²) in [7, 11) is 0. The molecule has 23 heavy (non-hydrogen) atoms. The van der Waals surface area contributed by atoms with E-state index in [-0.39, 0.29) is 6.61 Å². The average Bonchev–Trinajstić information content (AvgIpc) is 2.54. The van der Waals surface area contributed by atoms with Crippen molar-refractivity contribution in [3.8, 4) is 0 Å². The minimum atomic E-state index is -0.499. The molecule has 0 aromatic heterocycles. The maximum absolute atomic E-state index is 12.1. The lowest BCUT2D eigenvalue weighted by molar-refractivity contribution is -0.139. The third-order valence-electron chi connectivity index (χ3n) is 2.91. The zero-order chi connectivity index (χ0) is 17.1. The number of ether oxygens (including phenoxy) is 3. The lowest BCUT2D eigenvalue weighted by Gasteiger charge is -2.11. The Morgan fingerprint density at radius 1 is 1.04 bits per heavy atom. The van der Waals surface area contributed by atoms with Crippen molar-refractivity contribution < 1.29 is 23.8 Å². The topological polar surface area (TPSA) is 61.8 Å². The van der Waals surface area contributed by atoms with E-state index in [1.54, 1.807) is 20.8 Å². The molecule has 1 aromatic rings. The van der Waals surface area contributed by atoms with Crippen LogP contribution >= 0.6 is 0 Å². The summed E-state index contributed by atoms with van der Waals surface area (Å²) in [5.74, 6) is -0.549. The molecule has 0 unspecified atom stereocenters. The van der Waals surface area contributed by atoms with E-state index in [4.69, 9.17) is 14.2 Å². The number of hydrogen-bond donors (Lipinski definition) is 0. The molecule has 5 heteroatoms. The first-order valence-electron chi connectivity index (χ1n) is 7.49. The first-order valence-corrected chi connectivity index (χ1v) is 7.49. The van der Waals surface area contributed by atoms with Crippen molar-refractivity contribution in [1.29, 1.82) is 0 Å². The van der Waals surface area contributed by atoms with Gasteiger partial charge < -0.3 is 14.2 Å². The van der Waals surface area contributed by atoms with Gasteiger partial charge in [0.2, 0.25) is 0 Å². The maximum atomic E-state index is 12.1. The summed E-state index contributed by atoms with van der Waals surface area (Å²) >= 11 is 0. The second-order valence-corrected chi connectivity index (χ2v) is 4.59. The molecule has 0 aliphatic heterocycles. The van der Waals surface area contributed by atoms with Gasteiger partial charge >= 0.3 is 11.9 Å². The van der Waals surface area contributed by atoms with Crippen LogP contribution in [-0.2, 0) is 30.2 Å². The minimum Gasteiger partial charge on any atom is -0.469 e. The van der Waals surface area contributed by atoms with Gasteiger partial charge in [-0.15, -0.1) is 0 Å². The van der Waals surface area contributed by atoms with E-state index >= 15 is 0 Å². The molecule has 0 heterocycles. The Labute approximate surface area is 136 Å². The van der Waals surface area contributed by atoms with E-state index in [0.717, 1.165) is 11.6 Å². The zero-order valence-electron chi connectivity index (χ0n) is 13.7. The van der Waals surface area contributed by atoms with Crippen LogP contribution in [0.1, 0.15) is 26.3 Å². The van der Waals surface area contributed by atoms with Crippen LogP contribution < -0.4 is 0 Å². The Hall–Kier alpha value is -2.56. The Kier molecular flexibility index (Phi) is 8.21. The summed E-state index contributed by atoms with van der Waals surface area (Å²) in [6.45, 7) is 5.69. The van der Waals surface area contributed by atoms with Crippen LogP contribution in [-0.4, -0.2) is 25.2 Å². The molecule has 0 saturated carbocycles. The van der Waals surface area contributed by atoms with Crippen molar-refractivity contribution in [2.45, 2.75) is 27.2 Å². The monoisotopic (exact) mass is 318 g/mol. The molecule has 0 fully saturated rings. The Balaban J connectivity index is 2.87. The van der Waals surface area contributed by atoms with Crippen LogP contribution in [0.25, 0.3) is 0 Å². The van der Waals surface area contributed by atoms with Gasteiger partial charge in [-0.3, -0.25) is 0 Å². The summed E-state index contributed by atoms with van der Waals surface area (Å²) in [4.78, 5) is 23.3. The Morgan fingerprint density at radius 3 is 2.30 bits per heavy atom. The lowest BCUT2D eigenvalue weighted by atomic mass is 10.0. The molecule has 1 aromatic carbocycles. The van der Waals surface area contributed by atoms with Crippen LogP contribution in [0, 0.1) is 0 Å². The standard InChI is InChI=1S/C18H22O5/c1-4-21-17(19)11-12-23-14(3)16(18(20)22-5-2)13-15-9-7-6-8-10-15/h6-12H,4-5,13H2,1-3H3/b12-11+,16-14+. The molecule has 0 aliphatic rings. The van der Waals surface area contributed by atoms with E-state index in [9.17, 15) is 9.59 Å². The van der Waals surface area contributed by atoms with Gasteiger partial charge in [-0.2, -0.15) is 0 Å². The highest BCUT2D eigenvalue weighted by Gasteiger charge is 2.16. The normalized spacial score (nSPS) is 11.8. The molecular formula is C18H22O5. The molecule has 1 rings (SSSR count). The first-order chi connectivity index (χ1) is 11.1. The molecule has 124 valence electrons. The van der Waals surface area contributed by atoms with Gasteiger partial charge in [0.15, 0.2) is 0 Å². The quantitative estimate of drug-likeness (QED) is 0.418. The summed E-state index contributed by atoms with van der Waals surface area (Å²) in [6.07, 6.45) is 2.76. The van der Waals surface area contributed by atoms with Gasteiger partial charge in [-0.05, 0) is 26.3 Å².